The summed E-state index contributed by atoms with van der Waals surface area (Å²) in [5.41, 5.74) is 3.64. The van der Waals surface area contributed by atoms with Crippen molar-refractivity contribution in [3.05, 3.63) is 17.0 Å². The molecule has 4 fully saturated rings. The zero-order chi connectivity index (χ0) is 19.3. The highest BCUT2D eigenvalue weighted by molar-refractivity contribution is 5.79. The predicted molar refractivity (Wildman–Crippen MR) is 108 cm³/mol. The number of hydrogen-bond acceptors (Lipinski definition) is 2. The maximum Gasteiger partial charge on any atom is 0.224 e. The van der Waals surface area contributed by atoms with E-state index in [2.05, 4.69) is 42.8 Å². The van der Waals surface area contributed by atoms with Crippen molar-refractivity contribution in [1.82, 2.24) is 15.1 Å². The first kappa shape index (κ1) is 19.0. The molecule has 4 bridgehead atoms. The monoisotopic (exact) mass is 371 g/mol. The number of nitrogens with zero attached hydrogens (tertiary/aromatic N) is 2. The molecule has 1 amide bonds. The fourth-order valence-corrected chi connectivity index (χ4v) is 6.83. The highest BCUT2D eigenvalue weighted by Gasteiger charge is 2.53. The lowest BCUT2D eigenvalue weighted by Crippen LogP contribution is -2.56. The Balaban J connectivity index is 1.42. The Labute approximate surface area is 164 Å². The minimum atomic E-state index is 0.175. The zero-order valence-electron chi connectivity index (χ0n) is 17.8. The second-order valence-electron chi connectivity index (χ2n) is 10.5. The van der Waals surface area contributed by atoms with E-state index < -0.39 is 0 Å². The Bertz CT molecular complexity index is 682. The summed E-state index contributed by atoms with van der Waals surface area (Å²) in [5, 5.41) is 8.09. The first-order chi connectivity index (χ1) is 12.8. The van der Waals surface area contributed by atoms with E-state index in [1.807, 2.05) is 6.92 Å². The van der Waals surface area contributed by atoms with Gasteiger partial charge in [-0.25, -0.2) is 0 Å². The molecule has 1 aromatic rings. The van der Waals surface area contributed by atoms with Crippen LogP contribution in [0.5, 0.6) is 0 Å². The third-order valence-electron chi connectivity index (χ3n) is 7.79. The van der Waals surface area contributed by atoms with Crippen LogP contribution in [0, 0.1) is 42.9 Å². The van der Waals surface area contributed by atoms with Crippen molar-refractivity contribution in [2.45, 2.75) is 92.2 Å². The van der Waals surface area contributed by atoms with Gasteiger partial charge in [0.1, 0.15) is 0 Å². The lowest BCUT2D eigenvalue weighted by molar-refractivity contribution is -0.125. The fourth-order valence-electron chi connectivity index (χ4n) is 6.83. The largest absolute Gasteiger partial charge is 0.353 e. The summed E-state index contributed by atoms with van der Waals surface area (Å²) in [6, 6.07) is 0.296. The minimum absolute atomic E-state index is 0.175. The normalized spacial score (nSPS) is 32.9. The molecule has 1 aromatic heterocycles. The Morgan fingerprint density at radius 2 is 1.67 bits per heavy atom. The smallest absolute Gasteiger partial charge is 0.224 e. The molecule has 4 aliphatic carbocycles. The van der Waals surface area contributed by atoms with E-state index in [1.54, 1.807) is 0 Å². The van der Waals surface area contributed by atoms with Gasteiger partial charge in [0.25, 0.3) is 0 Å². The van der Waals surface area contributed by atoms with Gasteiger partial charge < -0.3 is 5.32 Å². The topological polar surface area (TPSA) is 46.9 Å². The van der Waals surface area contributed by atoms with E-state index in [0.29, 0.717) is 23.8 Å². The van der Waals surface area contributed by atoms with Gasteiger partial charge >= 0.3 is 0 Å². The molecule has 4 saturated carbocycles. The van der Waals surface area contributed by atoms with E-state index in [4.69, 9.17) is 0 Å². The summed E-state index contributed by atoms with van der Waals surface area (Å²) in [4.78, 5) is 12.9. The molecule has 1 heterocycles. The number of rotatable bonds is 6. The summed E-state index contributed by atoms with van der Waals surface area (Å²) in [5.74, 6) is 3.51. The van der Waals surface area contributed by atoms with Crippen LogP contribution in [0.25, 0.3) is 0 Å². The van der Waals surface area contributed by atoms with Gasteiger partial charge in [0.2, 0.25) is 5.91 Å². The molecule has 0 aliphatic heterocycles. The summed E-state index contributed by atoms with van der Waals surface area (Å²) >= 11 is 0. The van der Waals surface area contributed by atoms with E-state index in [0.717, 1.165) is 41.2 Å². The molecule has 4 heteroatoms. The number of carbonyl (C=O) groups excluding carboxylic acids is 1. The van der Waals surface area contributed by atoms with Crippen molar-refractivity contribution in [2.24, 2.45) is 29.1 Å². The third-order valence-corrected chi connectivity index (χ3v) is 7.79. The average molecular weight is 372 g/mol. The van der Waals surface area contributed by atoms with Crippen LogP contribution >= 0.6 is 0 Å². The van der Waals surface area contributed by atoms with Crippen LogP contribution in [0.2, 0.25) is 0 Å². The second kappa shape index (κ2) is 6.93. The van der Waals surface area contributed by atoms with Gasteiger partial charge in [0.05, 0.1) is 12.1 Å². The Morgan fingerprint density at radius 1 is 1.11 bits per heavy atom. The molecule has 27 heavy (non-hydrogen) atoms. The first-order valence-electron chi connectivity index (χ1n) is 11.1. The van der Waals surface area contributed by atoms with Crippen LogP contribution in [0.15, 0.2) is 0 Å². The molecule has 1 atom stereocenters. The van der Waals surface area contributed by atoms with E-state index in [-0.39, 0.29) is 5.91 Å². The highest BCUT2D eigenvalue weighted by atomic mass is 16.1. The Kier molecular flexibility index (Phi) is 4.88. The van der Waals surface area contributed by atoms with E-state index in [1.165, 1.54) is 38.5 Å². The van der Waals surface area contributed by atoms with Crippen molar-refractivity contribution in [3.63, 3.8) is 0 Å². The maximum atomic E-state index is 12.9. The average Bonchev–Trinajstić information content (AvgIpc) is 2.80. The van der Waals surface area contributed by atoms with E-state index >= 15 is 0 Å². The molecule has 5 rings (SSSR count). The molecule has 0 radical (unpaired) electrons. The molecule has 1 unspecified atom stereocenters. The number of amides is 1. The zero-order valence-corrected chi connectivity index (χ0v) is 17.8. The van der Waals surface area contributed by atoms with Crippen molar-refractivity contribution < 1.29 is 4.79 Å². The molecule has 0 saturated heterocycles. The van der Waals surface area contributed by atoms with Crippen molar-refractivity contribution in [1.29, 1.82) is 0 Å². The van der Waals surface area contributed by atoms with Crippen LogP contribution in [-0.4, -0.2) is 21.7 Å². The predicted octanol–water partition coefficient (Wildman–Crippen LogP) is 4.42. The molecule has 0 aromatic carbocycles. The number of carbonyl (C=O) groups is 1. The van der Waals surface area contributed by atoms with Crippen LogP contribution in [0.4, 0.5) is 0 Å². The molecule has 4 nitrogen and oxygen atoms in total. The maximum absolute atomic E-state index is 12.9. The summed E-state index contributed by atoms with van der Waals surface area (Å²) in [7, 11) is 0. The van der Waals surface area contributed by atoms with E-state index in [9.17, 15) is 4.79 Å². The van der Waals surface area contributed by atoms with Crippen LogP contribution in [0.3, 0.4) is 0 Å². The molecule has 0 spiro atoms. The second-order valence-corrected chi connectivity index (χ2v) is 10.5. The summed E-state index contributed by atoms with van der Waals surface area (Å²) in [6.45, 7) is 11.7. The molecular weight excluding hydrogens is 334 g/mol. The fraction of sp³-hybridized carbons (Fsp3) is 0.826. The molecule has 1 N–H and O–H groups in total. The van der Waals surface area contributed by atoms with Gasteiger partial charge in [-0.3, -0.25) is 9.48 Å². The van der Waals surface area contributed by atoms with Gasteiger partial charge in [-0.15, -0.1) is 0 Å². The molecule has 150 valence electrons. The van der Waals surface area contributed by atoms with Gasteiger partial charge in [0.15, 0.2) is 0 Å². The lowest BCUT2D eigenvalue weighted by atomic mass is 9.48. The minimum Gasteiger partial charge on any atom is -0.353 e. The third kappa shape index (κ3) is 3.56. The highest BCUT2D eigenvalue weighted by Crippen LogP contribution is 2.61. The Morgan fingerprint density at radius 3 is 2.19 bits per heavy atom. The summed E-state index contributed by atoms with van der Waals surface area (Å²) < 4.78 is 2.07. The van der Waals surface area contributed by atoms with Crippen molar-refractivity contribution >= 4 is 5.91 Å². The Hall–Kier alpha value is -1.32. The lowest BCUT2D eigenvalue weighted by Gasteiger charge is -2.59. The van der Waals surface area contributed by atoms with Gasteiger partial charge in [-0.2, -0.15) is 5.10 Å². The number of aryl methyl sites for hydroxylation is 1. The number of aromatic nitrogens is 2. The van der Waals surface area contributed by atoms with Gasteiger partial charge in [-0.1, -0.05) is 13.8 Å². The first-order valence-corrected chi connectivity index (χ1v) is 11.1. The van der Waals surface area contributed by atoms with Crippen LogP contribution < -0.4 is 5.32 Å². The summed E-state index contributed by atoms with van der Waals surface area (Å²) in [6.07, 6.45) is 8.83. The molecular formula is C23H37N3O. The van der Waals surface area contributed by atoms with Gasteiger partial charge in [0, 0.05) is 23.8 Å². The van der Waals surface area contributed by atoms with Crippen LogP contribution in [-0.2, 0) is 17.8 Å². The standard InChI is InChI=1S/C23H37N3O/c1-14(2)13-26-16(4)21(15(3)25-26)9-22(27)24-17(5)23-10-18-6-19(11-23)8-20(7-18)12-23/h14,17-20H,6-13H2,1-5H3,(H,24,27). The number of hydrogen-bond donors (Lipinski definition) is 1. The number of nitrogens with one attached hydrogen (secondary N) is 1. The van der Waals surface area contributed by atoms with Crippen molar-refractivity contribution in [2.75, 3.05) is 0 Å². The van der Waals surface area contributed by atoms with Crippen LogP contribution in [0.1, 0.15) is 76.2 Å². The SMILES string of the molecule is Cc1nn(CC(C)C)c(C)c1CC(=O)NC(C)C12CC3CC(CC(C3)C1)C2. The molecule has 4 aliphatic rings. The van der Waals surface area contributed by atoms with Gasteiger partial charge in [-0.05, 0) is 88.4 Å². The quantitative estimate of drug-likeness (QED) is 0.804. The van der Waals surface area contributed by atoms with Crippen molar-refractivity contribution in [3.8, 4) is 0 Å².